The summed E-state index contributed by atoms with van der Waals surface area (Å²) in [7, 11) is 0. The van der Waals surface area contributed by atoms with E-state index in [0.29, 0.717) is 6.61 Å². The number of aryl methyl sites for hydroxylation is 1. The predicted octanol–water partition coefficient (Wildman–Crippen LogP) is 2.47. The minimum Gasteiger partial charge on any atom is -0.465 e. The molecule has 0 saturated heterocycles. The third kappa shape index (κ3) is 4.53. The number of oxime groups is 1. The van der Waals surface area contributed by atoms with Crippen LogP contribution in [0.5, 0.6) is 0 Å². The van der Waals surface area contributed by atoms with Crippen molar-refractivity contribution >= 4 is 11.8 Å². The van der Waals surface area contributed by atoms with Gasteiger partial charge < -0.3 is 15.3 Å². The van der Waals surface area contributed by atoms with E-state index >= 15 is 0 Å². The lowest BCUT2D eigenvalue weighted by atomic mass is 9.94. The smallest absolute Gasteiger partial charge is 0.404 e. The van der Waals surface area contributed by atoms with Crippen molar-refractivity contribution in [3.63, 3.8) is 0 Å². The summed E-state index contributed by atoms with van der Waals surface area (Å²) >= 11 is 0. The summed E-state index contributed by atoms with van der Waals surface area (Å²) in [6.45, 7) is 2.30. The molecule has 1 heterocycles. The van der Waals surface area contributed by atoms with E-state index in [9.17, 15) is 4.79 Å². The van der Waals surface area contributed by atoms with Gasteiger partial charge in [-0.05, 0) is 44.7 Å². The van der Waals surface area contributed by atoms with E-state index in [-0.39, 0.29) is 6.04 Å². The molecule has 1 amide bonds. The van der Waals surface area contributed by atoms with Gasteiger partial charge in [0.05, 0.1) is 11.4 Å². The Balaban J connectivity index is 1.75. The summed E-state index contributed by atoms with van der Waals surface area (Å²) in [4.78, 5) is 20.2. The Hall–Kier alpha value is -2.11. The molecule has 1 aliphatic rings. The molecule has 2 N–H and O–H groups in total. The topological polar surface area (TPSA) is 83.8 Å². The second-order valence-electron chi connectivity index (χ2n) is 4.93. The first-order valence-electron chi connectivity index (χ1n) is 6.73. The van der Waals surface area contributed by atoms with Crippen LogP contribution in [0.2, 0.25) is 0 Å². The first-order chi connectivity index (χ1) is 9.63. The molecular formula is C14H19N3O3. The van der Waals surface area contributed by atoms with E-state index in [4.69, 9.17) is 9.94 Å². The van der Waals surface area contributed by atoms with E-state index in [1.807, 2.05) is 25.1 Å². The molecule has 1 saturated carbocycles. The lowest BCUT2D eigenvalue weighted by Gasteiger charge is -2.22. The zero-order chi connectivity index (χ0) is 14.4. The summed E-state index contributed by atoms with van der Waals surface area (Å²) in [6.07, 6.45) is 2.13. The highest BCUT2D eigenvalue weighted by Gasteiger charge is 2.19. The molecule has 20 heavy (non-hydrogen) atoms. The lowest BCUT2D eigenvalue weighted by molar-refractivity contribution is 0.125. The average molecular weight is 277 g/mol. The highest BCUT2D eigenvalue weighted by molar-refractivity contribution is 5.84. The number of hydrogen-bond donors (Lipinski definition) is 2. The zero-order valence-electron chi connectivity index (χ0n) is 11.5. The predicted molar refractivity (Wildman–Crippen MR) is 74.6 cm³/mol. The van der Waals surface area contributed by atoms with Crippen LogP contribution in [0.1, 0.15) is 37.1 Å². The standard InChI is InChI=1S/C14H19N3O3/c1-10-3-2-4-13(15-10)9-20-17-12-7-5-11(6-8-12)16-14(18)19/h2-4,11,16H,5-9H2,1H3,(H,18,19). The maximum atomic E-state index is 10.5. The summed E-state index contributed by atoms with van der Waals surface area (Å²) in [6, 6.07) is 5.81. The minimum absolute atomic E-state index is 0.0323. The summed E-state index contributed by atoms with van der Waals surface area (Å²) in [5.41, 5.74) is 2.80. The van der Waals surface area contributed by atoms with Gasteiger partial charge in [0, 0.05) is 11.7 Å². The van der Waals surface area contributed by atoms with Crippen LogP contribution in [0, 0.1) is 6.92 Å². The Kier molecular flexibility index (Phi) is 4.92. The van der Waals surface area contributed by atoms with Gasteiger partial charge in [-0.25, -0.2) is 4.79 Å². The SMILES string of the molecule is Cc1cccc(CON=C2CCC(NC(=O)O)CC2)n1. The van der Waals surface area contributed by atoms with E-state index < -0.39 is 6.09 Å². The molecule has 6 nitrogen and oxygen atoms in total. The maximum absolute atomic E-state index is 10.5. The number of carbonyl (C=O) groups is 1. The molecule has 1 aromatic rings. The number of carboxylic acid groups (broad SMARTS) is 1. The van der Waals surface area contributed by atoms with Gasteiger partial charge in [0.2, 0.25) is 0 Å². The Labute approximate surface area is 117 Å². The van der Waals surface area contributed by atoms with E-state index in [1.165, 1.54) is 0 Å². The molecule has 0 spiro atoms. The fraction of sp³-hybridized carbons (Fsp3) is 0.500. The third-order valence-corrected chi connectivity index (χ3v) is 3.24. The van der Waals surface area contributed by atoms with Crippen LogP contribution < -0.4 is 5.32 Å². The summed E-state index contributed by atoms with van der Waals surface area (Å²) in [5.74, 6) is 0. The van der Waals surface area contributed by atoms with Crippen LogP contribution in [0.4, 0.5) is 4.79 Å². The Morgan fingerprint density at radius 3 is 2.90 bits per heavy atom. The van der Waals surface area contributed by atoms with Crippen molar-refractivity contribution in [1.29, 1.82) is 0 Å². The monoisotopic (exact) mass is 277 g/mol. The molecule has 0 atom stereocenters. The second-order valence-corrected chi connectivity index (χ2v) is 4.93. The van der Waals surface area contributed by atoms with Gasteiger partial charge in [0.25, 0.3) is 0 Å². The van der Waals surface area contributed by atoms with Crippen LogP contribution in [-0.2, 0) is 11.4 Å². The Morgan fingerprint density at radius 2 is 2.25 bits per heavy atom. The zero-order valence-corrected chi connectivity index (χ0v) is 11.5. The van der Waals surface area contributed by atoms with Crippen molar-refractivity contribution in [3.05, 3.63) is 29.6 Å². The van der Waals surface area contributed by atoms with Gasteiger partial charge in [0.1, 0.15) is 0 Å². The molecule has 2 rings (SSSR count). The summed E-state index contributed by atoms with van der Waals surface area (Å²) < 4.78 is 0. The van der Waals surface area contributed by atoms with Crippen molar-refractivity contribution in [2.24, 2.45) is 5.16 Å². The maximum Gasteiger partial charge on any atom is 0.404 e. The fourth-order valence-corrected chi connectivity index (χ4v) is 2.23. The molecule has 108 valence electrons. The summed E-state index contributed by atoms with van der Waals surface area (Å²) in [5, 5.41) is 15.3. The number of nitrogens with zero attached hydrogens (tertiary/aromatic N) is 2. The molecule has 1 fully saturated rings. The quantitative estimate of drug-likeness (QED) is 0.828. The molecule has 0 bridgehead atoms. The number of pyridine rings is 1. The molecule has 0 aliphatic heterocycles. The number of rotatable bonds is 4. The number of aromatic nitrogens is 1. The van der Waals surface area contributed by atoms with Crippen molar-refractivity contribution < 1.29 is 14.7 Å². The number of amides is 1. The van der Waals surface area contributed by atoms with Crippen molar-refractivity contribution in [2.45, 2.75) is 45.3 Å². The highest BCUT2D eigenvalue weighted by atomic mass is 16.6. The van der Waals surface area contributed by atoms with E-state index in [0.717, 1.165) is 42.8 Å². The largest absolute Gasteiger partial charge is 0.465 e. The number of hydrogen-bond acceptors (Lipinski definition) is 4. The molecular weight excluding hydrogens is 258 g/mol. The van der Waals surface area contributed by atoms with Crippen molar-refractivity contribution in [3.8, 4) is 0 Å². The molecule has 0 unspecified atom stereocenters. The van der Waals surface area contributed by atoms with Crippen LogP contribution >= 0.6 is 0 Å². The average Bonchev–Trinajstić information content (AvgIpc) is 2.40. The van der Waals surface area contributed by atoms with Gasteiger partial charge >= 0.3 is 6.09 Å². The van der Waals surface area contributed by atoms with Crippen molar-refractivity contribution in [2.75, 3.05) is 0 Å². The van der Waals surface area contributed by atoms with Crippen LogP contribution in [0.25, 0.3) is 0 Å². The van der Waals surface area contributed by atoms with Gasteiger partial charge in [-0.1, -0.05) is 11.2 Å². The molecule has 1 aliphatic carbocycles. The highest BCUT2D eigenvalue weighted by Crippen LogP contribution is 2.16. The minimum atomic E-state index is -0.961. The van der Waals surface area contributed by atoms with E-state index in [2.05, 4.69) is 15.5 Å². The number of nitrogens with one attached hydrogen (secondary N) is 1. The third-order valence-electron chi connectivity index (χ3n) is 3.24. The molecule has 0 radical (unpaired) electrons. The van der Waals surface area contributed by atoms with Gasteiger partial charge in [0.15, 0.2) is 6.61 Å². The van der Waals surface area contributed by atoms with E-state index in [1.54, 1.807) is 0 Å². The first-order valence-corrected chi connectivity index (χ1v) is 6.73. The van der Waals surface area contributed by atoms with Crippen molar-refractivity contribution in [1.82, 2.24) is 10.3 Å². The molecule has 0 aromatic carbocycles. The van der Waals surface area contributed by atoms with Gasteiger partial charge in [-0.15, -0.1) is 0 Å². The second kappa shape index (κ2) is 6.88. The van der Waals surface area contributed by atoms with Crippen LogP contribution in [-0.4, -0.2) is 27.9 Å². The lowest BCUT2D eigenvalue weighted by Crippen LogP contribution is -2.36. The van der Waals surface area contributed by atoms with Gasteiger partial charge in [-0.2, -0.15) is 0 Å². The first kappa shape index (κ1) is 14.3. The Bertz CT molecular complexity index is 492. The normalized spacial score (nSPS) is 18.4. The van der Waals surface area contributed by atoms with Gasteiger partial charge in [-0.3, -0.25) is 4.98 Å². The molecule has 6 heteroatoms. The molecule has 1 aromatic heterocycles. The van der Waals surface area contributed by atoms with Crippen LogP contribution in [0.15, 0.2) is 23.4 Å². The fourth-order valence-electron chi connectivity index (χ4n) is 2.23. The van der Waals surface area contributed by atoms with Crippen LogP contribution in [0.3, 0.4) is 0 Å². The Morgan fingerprint density at radius 1 is 1.50 bits per heavy atom.